The molecular weight excluding hydrogens is 369 g/mol. The predicted octanol–water partition coefficient (Wildman–Crippen LogP) is 0.00150. The number of nitrogens with one attached hydrogen (secondary N) is 3. The summed E-state index contributed by atoms with van der Waals surface area (Å²) in [6.45, 7) is 6.53. The van der Waals surface area contributed by atoms with E-state index in [1.54, 1.807) is 12.1 Å². The molecule has 0 saturated carbocycles. The lowest BCUT2D eigenvalue weighted by Crippen LogP contribution is -3.15. The van der Waals surface area contributed by atoms with Crippen molar-refractivity contribution in [1.29, 1.82) is 0 Å². The van der Waals surface area contributed by atoms with Gasteiger partial charge in [0.25, 0.3) is 5.91 Å². The van der Waals surface area contributed by atoms with Crippen LogP contribution in [0.25, 0.3) is 0 Å². The van der Waals surface area contributed by atoms with Crippen molar-refractivity contribution in [2.24, 2.45) is 0 Å². The van der Waals surface area contributed by atoms with Crippen LogP contribution in [0.15, 0.2) is 54.6 Å². The van der Waals surface area contributed by atoms with E-state index in [4.69, 9.17) is 4.74 Å². The number of ether oxygens (including phenoxy) is 1. The molecule has 0 aliphatic carbocycles. The fraction of sp³-hybridized carbons (Fsp3) is 0.435. The summed E-state index contributed by atoms with van der Waals surface area (Å²) in [6.07, 6.45) is 0. The number of amides is 1. The molecule has 3 N–H and O–H groups in total. The van der Waals surface area contributed by atoms with E-state index in [-0.39, 0.29) is 23.8 Å². The molecule has 0 radical (unpaired) electrons. The molecule has 29 heavy (non-hydrogen) atoms. The van der Waals surface area contributed by atoms with Gasteiger partial charge in [-0.05, 0) is 19.1 Å². The summed E-state index contributed by atoms with van der Waals surface area (Å²) in [7, 11) is 1.98. The minimum absolute atomic E-state index is 0.0108. The van der Waals surface area contributed by atoms with Gasteiger partial charge in [0.05, 0.1) is 26.3 Å². The third-order valence-electron chi connectivity index (χ3n) is 5.50. The number of halogens is 1. The topological polar surface area (TPSA) is 47.2 Å². The highest BCUT2D eigenvalue weighted by molar-refractivity contribution is 5.77. The van der Waals surface area contributed by atoms with Crippen LogP contribution >= 0.6 is 0 Å². The second kappa shape index (κ2) is 10.5. The second-order valence-electron chi connectivity index (χ2n) is 7.95. The van der Waals surface area contributed by atoms with Crippen molar-refractivity contribution in [2.75, 3.05) is 39.9 Å². The van der Waals surface area contributed by atoms with Gasteiger partial charge in [-0.2, -0.15) is 0 Å². The minimum atomic E-state index is -0.240. The van der Waals surface area contributed by atoms with Gasteiger partial charge in [-0.15, -0.1) is 0 Å². The molecule has 3 atom stereocenters. The number of likely N-dealkylation sites (N-methyl/N-ethyl adjacent to an activating group) is 1. The molecule has 156 valence electrons. The number of quaternary nitrogens is 2. The van der Waals surface area contributed by atoms with Crippen LogP contribution in [-0.2, 0) is 16.1 Å². The quantitative estimate of drug-likeness (QED) is 0.583. The fourth-order valence-corrected chi connectivity index (χ4v) is 4.16. The summed E-state index contributed by atoms with van der Waals surface area (Å²) in [5, 5.41) is 3.22. The fourth-order valence-electron chi connectivity index (χ4n) is 4.16. The van der Waals surface area contributed by atoms with Crippen molar-refractivity contribution in [3.05, 3.63) is 71.5 Å². The molecular formula is C23H32FN3O2+2. The van der Waals surface area contributed by atoms with Crippen molar-refractivity contribution in [1.82, 2.24) is 5.32 Å². The van der Waals surface area contributed by atoms with Gasteiger partial charge >= 0.3 is 0 Å². The Labute approximate surface area is 172 Å². The number of hydrogen-bond donors (Lipinski definition) is 3. The Morgan fingerprint density at radius 1 is 1.14 bits per heavy atom. The molecule has 1 unspecified atom stereocenters. The van der Waals surface area contributed by atoms with E-state index in [9.17, 15) is 9.18 Å². The summed E-state index contributed by atoms with van der Waals surface area (Å²) in [5.74, 6) is -0.207. The predicted molar refractivity (Wildman–Crippen MR) is 110 cm³/mol. The highest BCUT2D eigenvalue weighted by Gasteiger charge is 2.32. The number of carbonyl (C=O) groups is 1. The van der Waals surface area contributed by atoms with Crippen LogP contribution in [-0.4, -0.2) is 51.8 Å². The molecule has 1 heterocycles. The third-order valence-corrected chi connectivity index (χ3v) is 5.50. The summed E-state index contributed by atoms with van der Waals surface area (Å²) >= 11 is 0. The maximum absolute atomic E-state index is 13.1. The van der Waals surface area contributed by atoms with Crippen LogP contribution in [0.4, 0.5) is 4.39 Å². The molecule has 5 nitrogen and oxygen atoms in total. The third kappa shape index (κ3) is 6.35. The summed E-state index contributed by atoms with van der Waals surface area (Å²) in [5.41, 5.74) is 2.26. The zero-order valence-corrected chi connectivity index (χ0v) is 17.3. The van der Waals surface area contributed by atoms with E-state index >= 15 is 0 Å². The van der Waals surface area contributed by atoms with E-state index in [1.807, 2.05) is 13.1 Å². The monoisotopic (exact) mass is 401 g/mol. The van der Waals surface area contributed by atoms with Gasteiger partial charge < -0.3 is 19.9 Å². The lowest BCUT2D eigenvalue weighted by molar-refractivity contribution is -0.940. The number of carbonyl (C=O) groups excluding carboxylic acids is 1. The van der Waals surface area contributed by atoms with E-state index in [2.05, 4.69) is 36.5 Å². The van der Waals surface area contributed by atoms with Gasteiger partial charge in [-0.25, -0.2) is 4.39 Å². The molecule has 1 aliphatic rings. The van der Waals surface area contributed by atoms with Gasteiger partial charge in [0.1, 0.15) is 31.5 Å². The first-order chi connectivity index (χ1) is 14.0. The van der Waals surface area contributed by atoms with E-state index in [1.165, 1.54) is 22.6 Å². The van der Waals surface area contributed by atoms with Crippen LogP contribution < -0.4 is 15.1 Å². The lowest BCUT2D eigenvalue weighted by atomic mass is 9.98. The zero-order chi connectivity index (χ0) is 20.6. The van der Waals surface area contributed by atoms with Gasteiger partial charge in [0.2, 0.25) is 0 Å². The smallest absolute Gasteiger partial charge is 0.275 e. The first-order valence-electron chi connectivity index (χ1n) is 10.4. The molecule has 6 heteroatoms. The van der Waals surface area contributed by atoms with Crippen LogP contribution in [0.5, 0.6) is 0 Å². The number of rotatable bonds is 8. The average molecular weight is 402 g/mol. The summed E-state index contributed by atoms with van der Waals surface area (Å²) in [4.78, 5) is 15.2. The molecule has 2 aromatic rings. The Morgan fingerprint density at radius 2 is 1.79 bits per heavy atom. The van der Waals surface area contributed by atoms with Gasteiger partial charge in [-0.3, -0.25) is 4.79 Å². The van der Waals surface area contributed by atoms with Crippen LogP contribution in [0, 0.1) is 5.82 Å². The maximum atomic E-state index is 13.1. The highest BCUT2D eigenvalue weighted by Crippen LogP contribution is 2.14. The largest absolute Gasteiger partial charge is 0.370 e. The zero-order valence-electron chi connectivity index (χ0n) is 17.3. The highest BCUT2D eigenvalue weighted by atomic mass is 19.1. The summed E-state index contributed by atoms with van der Waals surface area (Å²) < 4.78 is 18.6. The Balaban J connectivity index is 1.59. The minimum Gasteiger partial charge on any atom is -0.370 e. The second-order valence-corrected chi connectivity index (χ2v) is 7.95. The SMILES string of the molecule is C[C@H](NC(=O)C[NH+](C)Cc1ccc(F)cc1)[C@H](c1ccccc1)[NH+]1CCOCC1. The van der Waals surface area contributed by atoms with Crippen molar-refractivity contribution in [3.63, 3.8) is 0 Å². The van der Waals surface area contributed by atoms with Crippen LogP contribution in [0.2, 0.25) is 0 Å². The van der Waals surface area contributed by atoms with Gasteiger partial charge in [0.15, 0.2) is 6.54 Å². The Morgan fingerprint density at radius 3 is 2.45 bits per heavy atom. The van der Waals surface area contributed by atoms with Crippen LogP contribution in [0.1, 0.15) is 24.1 Å². The Hall–Kier alpha value is -2.28. The van der Waals surface area contributed by atoms with Gasteiger partial charge in [-0.1, -0.05) is 42.5 Å². The first-order valence-corrected chi connectivity index (χ1v) is 10.4. The number of hydrogen-bond acceptors (Lipinski definition) is 2. The van der Waals surface area contributed by atoms with E-state index in [0.717, 1.165) is 36.8 Å². The molecule has 0 spiro atoms. The molecule has 1 fully saturated rings. The lowest BCUT2D eigenvalue weighted by Gasteiger charge is -2.35. The summed E-state index contributed by atoms with van der Waals surface area (Å²) in [6, 6.07) is 17.1. The molecule has 1 aliphatic heterocycles. The Kier molecular flexibility index (Phi) is 7.75. The van der Waals surface area contributed by atoms with E-state index < -0.39 is 0 Å². The van der Waals surface area contributed by atoms with E-state index in [0.29, 0.717) is 13.1 Å². The standard InChI is InChI=1S/C23H30FN3O2/c1-18(23(20-6-4-3-5-7-20)27-12-14-29-15-13-27)25-22(28)17-26(2)16-19-8-10-21(24)11-9-19/h3-11,18,23H,12-17H2,1-2H3,(H,25,28)/p+2/t18-,23+/m0/s1. The molecule has 0 bridgehead atoms. The van der Waals surface area contributed by atoms with Crippen LogP contribution in [0.3, 0.4) is 0 Å². The normalized spacial score (nSPS) is 18.0. The molecule has 1 amide bonds. The van der Waals surface area contributed by atoms with Crippen molar-refractivity contribution in [2.45, 2.75) is 25.6 Å². The molecule has 1 saturated heterocycles. The van der Waals surface area contributed by atoms with Crippen molar-refractivity contribution in [3.8, 4) is 0 Å². The maximum Gasteiger partial charge on any atom is 0.275 e. The number of morpholine rings is 1. The molecule has 3 rings (SSSR count). The Bertz CT molecular complexity index is 763. The average Bonchev–Trinajstić information content (AvgIpc) is 2.71. The van der Waals surface area contributed by atoms with Crippen molar-refractivity contribution < 1.29 is 23.7 Å². The van der Waals surface area contributed by atoms with Gasteiger partial charge in [0, 0.05) is 11.1 Å². The molecule has 0 aromatic heterocycles. The first kappa shape index (κ1) is 21.4. The van der Waals surface area contributed by atoms with Crippen molar-refractivity contribution >= 4 is 5.91 Å². The molecule has 2 aromatic carbocycles. The number of benzene rings is 2.